The SMILES string of the molecule is NC1CCC(=O)N(C2CCCCC2)C1c1cccc(Cl)c1. The number of benzene rings is 1. The zero-order valence-electron chi connectivity index (χ0n) is 12.3. The third-order valence-electron chi connectivity index (χ3n) is 4.84. The first-order chi connectivity index (χ1) is 10.2. The Kier molecular flexibility index (Phi) is 4.51. The van der Waals surface area contributed by atoms with Gasteiger partial charge in [0, 0.05) is 23.5 Å². The molecular weight excluding hydrogens is 284 g/mol. The highest BCUT2D eigenvalue weighted by molar-refractivity contribution is 6.30. The van der Waals surface area contributed by atoms with Crippen molar-refractivity contribution in [2.24, 2.45) is 5.73 Å². The molecule has 2 fully saturated rings. The number of amides is 1. The van der Waals surface area contributed by atoms with Gasteiger partial charge in [-0.05, 0) is 37.0 Å². The zero-order chi connectivity index (χ0) is 14.8. The zero-order valence-corrected chi connectivity index (χ0v) is 13.1. The fraction of sp³-hybridized carbons (Fsp3) is 0.588. The van der Waals surface area contributed by atoms with E-state index in [-0.39, 0.29) is 18.0 Å². The van der Waals surface area contributed by atoms with E-state index >= 15 is 0 Å². The van der Waals surface area contributed by atoms with E-state index in [1.165, 1.54) is 19.3 Å². The molecular formula is C17H23ClN2O. The van der Waals surface area contributed by atoms with Gasteiger partial charge in [-0.15, -0.1) is 0 Å². The predicted molar refractivity (Wildman–Crippen MR) is 85.1 cm³/mol. The number of nitrogens with zero attached hydrogens (tertiary/aromatic N) is 1. The molecule has 2 N–H and O–H groups in total. The average Bonchev–Trinajstić information content (AvgIpc) is 2.50. The van der Waals surface area contributed by atoms with Crippen molar-refractivity contribution in [2.45, 2.75) is 63.1 Å². The van der Waals surface area contributed by atoms with Crippen LogP contribution in [-0.4, -0.2) is 22.9 Å². The van der Waals surface area contributed by atoms with Gasteiger partial charge in [-0.25, -0.2) is 0 Å². The van der Waals surface area contributed by atoms with Gasteiger partial charge in [-0.3, -0.25) is 4.79 Å². The van der Waals surface area contributed by atoms with Gasteiger partial charge in [0.15, 0.2) is 0 Å². The number of likely N-dealkylation sites (tertiary alicyclic amines) is 1. The fourth-order valence-electron chi connectivity index (χ4n) is 3.83. The molecule has 1 aromatic carbocycles. The van der Waals surface area contributed by atoms with Gasteiger partial charge in [0.05, 0.1) is 6.04 Å². The lowest BCUT2D eigenvalue weighted by molar-refractivity contribution is -0.141. The second-order valence-corrected chi connectivity index (χ2v) is 6.73. The second kappa shape index (κ2) is 6.37. The lowest BCUT2D eigenvalue weighted by Gasteiger charge is -2.45. The monoisotopic (exact) mass is 306 g/mol. The maximum atomic E-state index is 12.5. The molecule has 1 aromatic rings. The Balaban J connectivity index is 1.93. The molecule has 3 nitrogen and oxygen atoms in total. The Bertz CT molecular complexity index is 513. The minimum atomic E-state index is -0.0203. The summed E-state index contributed by atoms with van der Waals surface area (Å²) in [5, 5.41) is 0.710. The van der Waals surface area contributed by atoms with Crippen LogP contribution in [0.15, 0.2) is 24.3 Å². The third-order valence-corrected chi connectivity index (χ3v) is 5.08. The minimum absolute atomic E-state index is 0.00286. The highest BCUT2D eigenvalue weighted by Crippen LogP contribution is 2.37. The average molecular weight is 307 g/mol. The largest absolute Gasteiger partial charge is 0.331 e. The molecule has 0 radical (unpaired) electrons. The van der Waals surface area contributed by atoms with Gasteiger partial charge in [0.1, 0.15) is 0 Å². The van der Waals surface area contributed by atoms with E-state index in [2.05, 4.69) is 4.90 Å². The summed E-state index contributed by atoms with van der Waals surface area (Å²) in [6.45, 7) is 0. The number of rotatable bonds is 2. The Morgan fingerprint density at radius 1 is 1.14 bits per heavy atom. The molecule has 0 spiro atoms. The van der Waals surface area contributed by atoms with Crippen molar-refractivity contribution in [3.63, 3.8) is 0 Å². The van der Waals surface area contributed by atoms with Crippen LogP contribution in [0.2, 0.25) is 5.02 Å². The smallest absolute Gasteiger partial charge is 0.223 e. The summed E-state index contributed by atoms with van der Waals surface area (Å²) >= 11 is 6.14. The Morgan fingerprint density at radius 2 is 1.90 bits per heavy atom. The van der Waals surface area contributed by atoms with Crippen molar-refractivity contribution in [2.75, 3.05) is 0 Å². The van der Waals surface area contributed by atoms with Crippen molar-refractivity contribution in [1.29, 1.82) is 0 Å². The van der Waals surface area contributed by atoms with Gasteiger partial charge in [0.2, 0.25) is 5.91 Å². The van der Waals surface area contributed by atoms with Gasteiger partial charge in [0.25, 0.3) is 0 Å². The highest BCUT2D eigenvalue weighted by Gasteiger charge is 2.39. The van der Waals surface area contributed by atoms with Crippen LogP contribution in [-0.2, 0) is 4.79 Å². The topological polar surface area (TPSA) is 46.3 Å². The summed E-state index contributed by atoms with van der Waals surface area (Å²) in [4.78, 5) is 14.6. The van der Waals surface area contributed by atoms with Crippen molar-refractivity contribution in [3.05, 3.63) is 34.9 Å². The predicted octanol–water partition coefficient (Wildman–Crippen LogP) is 3.66. The minimum Gasteiger partial charge on any atom is -0.331 e. The summed E-state index contributed by atoms with van der Waals surface area (Å²) in [6.07, 6.45) is 7.27. The number of carbonyl (C=O) groups is 1. The highest BCUT2D eigenvalue weighted by atomic mass is 35.5. The van der Waals surface area contributed by atoms with Crippen LogP contribution in [0.25, 0.3) is 0 Å². The van der Waals surface area contributed by atoms with E-state index < -0.39 is 0 Å². The number of nitrogens with two attached hydrogens (primary N) is 1. The first-order valence-electron chi connectivity index (χ1n) is 7.99. The van der Waals surface area contributed by atoms with Gasteiger partial charge in [-0.2, -0.15) is 0 Å². The number of piperidine rings is 1. The molecule has 1 aliphatic heterocycles. The van der Waals surface area contributed by atoms with Crippen LogP contribution >= 0.6 is 11.6 Å². The second-order valence-electron chi connectivity index (χ2n) is 6.30. The van der Waals surface area contributed by atoms with Crippen LogP contribution in [0, 0.1) is 0 Å². The molecule has 114 valence electrons. The van der Waals surface area contributed by atoms with E-state index in [0.29, 0.717) is 17.5 Å². The molecule has 4 heteroatoms. The van der Waals surface area contributed by atoms with E-state index in [4.69, 9.17) is 17.3 Å². The standard InChI is InChI=1S/C17H23ClN2O/c18-13-6-4-5-12(11-13)17-15(19)9-10-16(21)20(17)14-7-2-1-3-8-14/h4-6,11,14-15,17H,1-3,7-10,19H2. The van der Waals surface area contributed by atoms with Crippen molar-refractivity contribution < 1.29 is 4.79 Å². The van der Waals surface area contributed by atoms with Crippen molar-refractivity contribution in [3.8, 4) is 0 Å². The molecule has 0 aromatic heterocycles. The lowest BCUT2D eigenvalue weighted by atomic mass is 9.85. The van der Waals surface area contributed by atoms with E-state index in [0.717, 1.165) is 24.8 Å². The van der Waals surface area contributed by atoms with Gasteiger partial charge < -0.3 is 10.6 Å². The molecule has 0 bridgehead atoms. The molecule has 1 saturated heterocycles. The molecule has 2 aliphatic rings. The number of halogens is 1. The summed E-state index contributed by atoms with van der Waals surface area (Å²) in [7, 11) is 0. The fourth-order valence-corrected chi connectivity index (χ4v) is 4.03. The molecule has 1 saturated carbocycles. The van der Waals surface area contributed by atoms with Crippen molar-refractivity contribution >= 4 is 17.5 Å². The summed E-state index contributed by atoms with van der Waals surface area (Å²) in [6, 6.07) is 8.15. The van der Waals surface area contributed by atoms with Crippen molar-refractivity contribution in [1.82, 2.24) is 4.90 Å². The van der Waals surface area contributed by atoms with E-state index in [1.54, 1.807) is 0 Å². The number of hydrogen-bond acceptors (Lipinski definition) is 2. The quantitative estimate of drug-likeness (QED) is 0.906. The summed E-state index contributed by atoms with van der Waals surface area (Å²) in [5.74, 6) is 0.258. The van der Waals surface area contributed by atoms with E-state index in [9.17, 15) is 4.79 Å². The van der Waals surface area contributed by atoms with Crippen LogP contribution in [0.1, 0.15) is 56.6 Å². The van der Waals surface area contributed by atoms with Gasteiger partial charge >= 0.3 is 0 Å². The third kappa shape index (κ3) is 3.09. The lowest BCUT2D eigenvalue weighted by Crippen LogP contribution is -2.53. The molecule has 3 rings (SSSR count). The van der Waals surface area contributed by atoms with Crippen LogP contribution < -0.4 is 5.73 Å². The van der Waals surface area contributed by atoms with Crippen LogP contribution in [0.5, 0.6) is 0 Å². The molecule has 1 heterocycles. The maximum absolute atomic E-state index is 12.5. The molecule has 21 heavy (non-hydrogen) atoms. The molecule has 1 aliphatic carbocycles. The molecule has 1 amide bonds. The van der Waals surface area contributed by atoms with Crippen LogP contribution in [0.3, 0.4) is 0 Å². The van der Waals surface area contributed by atoms with Gasteiger partial charge in [-0.1, -0.05) is 43.0 Å². The first kappa shape index (κ1) is 14.9. The summed E-state index contributed by atoms with van der Waals surface area (Å²) < 4.78 is 0. The first-order valence-corrected chi connectivity index (χ1v) is 8.37. The normalized spacial score (nSPS) is 27.9. The molecule has 2 unspecified atom stereocenters. The molecule has 2 atom stereocenters. The number of carbonyl (C=O) groups excluding carboxylic acids is 1. The Hall–Kier alpha value is -1.06. The Morgan fingerprint density at radius 3 is 2.62 bits per heavy atom. The van der Waals surface area contributed by atoms with E-state index in [1.807, 2.05) is 24.3 Å². The maximum Gasteiger partial charge on any atom is 0.223 e. The number of hydrogen-bond donors (Lipinski definition) is 1. The summed E-state index contributed by atoms with van der Waals surface area (Å²) in [5.41, 5.74) is 7.46. The Labute approximate surface area is 131 Å². The van der Waals surface area contributed by atoms with Crippen LogP contribution in [0.4, 0.5) is 0 Å².